The van der Waals surface area contributed by atoms with Crippen LogP contribution in [0.2, 0.25) is 0 Å². The topological polar surface area (TPSA) is 548 Å². The molecule has 9 N–H and O–H groups in total. The maximum atomic E-state index is 11.2. The van der Waals surface area contributed by atoms with Gasteiger partial charge >= 0.3 is 29.8 Å². The number of ether oxygens (including phenoxy) is 6. The van der Waals surface area contributed by atoms with Gasteiger partial charge in [-0.3, -0.25) is 24.0 Å². The molecule has 0 saturated heterocycles. The van der Waals surface area contributed by atoms with E-state index in [2.05, 4.69) is 77.1 Å². The van der Waals surface area contributed by atoms with Crippen LogP contribution in [0.3, 0.4) is 0 Å². The molecule has 121 heavy (non-hydrogen) atoms. The van der Waals surface area contributed by atoms with Crippen LogP contribution in [0.1, 0.15) is 222 Å². The van der Waals surface area contributed by atoms with Crippen LogP contribution in [0.4, 0.5) is 0 Å². The molecule has 0 spiro atoms. The van der Waals surface area contributed by atoms with Crippen molar-refractivity contribution in [1.29, 1.82) is 26.3 Å². The van der Waals surface area contributed by atoms with Crippen LogP contribution in [0.5, 0.6) is 28.7 Å². The molecule has 0 aliphatic carbocycles. The van der Waals surface area contributed by atoms with Gasteiger partial charge in [0.05, 0.1) is 39.6 Å². The highest BCUT2D eigenvalue weighted by molar-refractivity contribution is 5.71. The zero-order valence-electron chi connectivity index (χ0n) is 67.8. The van der Waals surface area contributed by atoms with Crippen LogP contribution < -0.4 is 23.7 Å². The lowest BCUT2D eigenvalue weighted by molar-refractivity contribution is -0.143. The molecule has 0 saturated carbocycles. The van der Waals surface area contributed by atoms with E-state index in [1.165, 1.54) is 25.7 Å². The number of nitrogens with one attached hydrogen (secondary N) is 5. The van der Waals surface area contributed by atoms with Crippen molar-refractivity contribution in [1.82, 2.24) is 77.1 Å². The second kappa shape index (κ2) is 57.6. The number of nitriles is 5. The minimum Gasteiger partial charge on any atom is -0.494 e. The predicted octanol–water partition coefficient (Wildman–Crippen LogP) is 15.8. The van der Waals surface area contributed by atoms with Crippen molar-refractivity contribution in [2.45, 2.75) is 193 Å². The number of carboxylic acids is 4. The number of carbonyl (C=O) groups excluding carboxylic acids is 1. The molecule has 10 rings (SSSR count). The Hall–Kier alpha value is -14.4. The van der Waals surface area contributed by atoms with E-state index < -0.39 is 23.9 Å². The third-order valence-electron chi connectivity index (χ3n) is 18.0. The summed E-state index contributed by atoms with van der Waals surface area (Å²) in [6.07, 6.45) is 25.2. The number of aromatic nitrogens is 15. The number of rotatable bonds is 50. The van der Waals surface area contributed by atoms with Gasteiger partial charge < -0.3 is 48.8 Å². The van der Waals surface area contributed by atoms with Gasteiger partial charge in [0.2, 0.25) is 0 Å². The van der Waals surface area contributed by atoms with Gasteiger partial charge in [0.15, 0.2) is 28.5 Å². The predicted molar refractivity (Wildman–Crippen MR) is 441 cm³/mol. The summed E-state index contributed by atoms with van der Waals surface area (Å²) in [7, 11) is 0. The quantitative estimate of drug-likeness (QED) is 0.0126. The number of carboxylic acid groups (broad SMARTS) is 4. The summed E-state index contributed by atoms with van der Waals surface area (Å²) in [5.74, 6) is 0.628. The highest BCUT2D eigenvalue weighted by Gasteiger charge is 2.16. The molecule has 0 unspecified atom stereocenters. The highest BCUT2D eigenvalue weighted by atomic mass is 16.5. The number of esters is 1. The molecule has 0 fully saturated rings. The molecular formula is C86H102N20O15. The zero-order chi connectivity index (χ0) is 86.7. The molecule has 0 atom stereocenters. The largest absolute Gasteiger partial charge is 0.494 e. The van der Waals surface area contributed by atoms with Gasteiger partial charge in [-0.2, -0.15) is 77.9 Å². The molecule has 0 bridgehead atoms. The van der Waals surface area contributed by atoms with Crippen LogP contribution in [-0.2, 0) is 28.7 Å². The summed E-state index contributed by atoms with van der Waals surface area (Å²) in [5, 5.41) is 130. The van der Waals surface area contributed by atoms with Crippen LogP contribution in [0.25, 0.3) is 56.3 Å². The Balaban J connectivity index is 0.000000235. The van der Waals surface area contributed by atoms with E-state index in [-0.39, 0.29) is 53.7 Å². The molecule has 5 aromatic carbocycles. The number of unbranched alkanes of at least 4 members (excludes halogenated alkanes) is 19. The Morgan fingerprint density at radius 3 is 0.645 bits per heavy atom. The van der Waals surface area contributed by atoms with Crippen molar-refractivity contribution in [2.75, 3.05) is 39.6 Å². The van der Waals surface area contributed by atoms with Crippen molar-refractivity contribution in [3.05, 3.63) is 150 Å². The number of nitrogens with zero attached hydrogens (tertiary/aromatic N) is 15. The number of hydrogen-bond acceptors (Lipinski definition) is 26. The molecule has 35 nitrogen and oxygen atoms in total. The van der Waals surface area contributed by atoms with Gasteiger partial charge in [-0.15, -0.1) is 25.5 Å². The molecule has 0 aliphatic rings. The average molecular weight is 1660 g/mol. The Labute approximate surface area is 700 Å². The first-order valence-electron chi connectivity index (χ1n) is 40.3. The summed E-state index contributed by atoms with van der Waals surface area (Å²) in [5.41, 5.74) is 8.01. The van der Waals surface area contributed by atoms with Crippen LogP contribution in [-0.4, -0.2) is 167 Å². The summed E-state index contributed by atoms with van der Waals surface area (Å²) in [6.45, 7) is 5.08. The Morgan fingerprint density at radius 1 is 0.264 bits per heavy atom. The van der Waals surface area contributed by atoms with E-state index in [0.29, 0.717) is 112 Å². The lowest BCUT2D eigenvalue weighted by Crippen LogP contribution is -2.06. The second-order valence-electron chi connectivity index (χ2n) is 27.1. The monoisotopic (exact) mass is 1650 g/mol. The molecule has 0 aliphatic heterocycles. The van der Waals surface area contributed by atoms with Gasteiger partial charge in [0.25, 0.3) is 0 Å². The van der Waals surface area contributed by atoms with Gasteiger partial charge in [-0.1, -0.05) is 96.3 Å². The first-order valence-corrected chi connectivity index (χ1v) is 40.3. The summed E-state index contributed by atoms with van der Waals surface area (Å²) in [4.78, 5) is 52.7. The maximum absolute atomic E-state index is 11.2. The fourth-order valence-electron chi connectivity index (χ4n) is 11.7. The molecule has 636 valence electrons. The van der Waals surface area contributed by atoms with Crippen molar-refractivity contribution in [3.63, 3.8) is 0 Å². The van der Waals surface area contributed by atoms with Crippen molar-refractivity contribution < 1.29 is 72.8 Å². The fraction of sp³-hybridized carbons (Fsp3) is 0.419. The summed E-state index contributed by atoms with van der Waals surface area (Å²) < 4.78 is 33.1. The Morgan fingerprint density at radius 2 is 0.446 bits per heavy atom. The van der Waals surface area contributed by atoms with Crippen molar-refractivity contribution in [2.24, 2.45) is 0 Å². The van der Waals surface area contributed by atoms with Gasteiger partial charge in [-0.05, 0) is 186 Å². The minimum absolute atomic E-state index is 0.158. The average Bonchev–Trinajstić information content (AvgIpc) is 1.72. The number of aromatic amines is 5. The van der Waals surface area contributed by atoms with Gasteiger partial charge in [-0.25, -0.2) is 0 Å². The molecule has 10 aromatic rings. The fourth-order valence-corrected chi connectivity index (χ4v) is 11.7. The highest BCUT2D eigenvalue weighted by Crippen LogP contribution is 2.28. The van der Waals surface area contributed by atoms with E-state index in [0.717, 1.165) is 154 Å². The lowest BCUT2D eigenvalue weighted by atomic mass is 10.1. The first-order chi connectivity index (χ1) is 59.1. The molecule has 35 heteroatoms. The number of carbonyl (C=O) groups is 5. The number of H-pyrrole nitrogens is 5. The molecule has 5 heterocycles. The SMILES string of the molecule is CCOC(=O)CCCOc1ccc(-c2n[nH]nc2C#N)cc1.N#Cc1n[nH]nc1-c1ccc(OCCCCC(=O)O)cc1.N#Cc1n[nH]nc1-c1ccc(OCCCCCCCC(=O)O)cc1.N#Cc1n[nH]nc1-c1ccc(OCCCCCCCCCC(=O)O)cc1.N#Cc1n[nH]nc1-c1ccc(OCCCCCCCCCCCC(=O)O)cc1. The molecule has 5 aromatic heterocycles. The third-order valence-corrected chi connectivity index (χ3v) is 18.0. The molecular weight excluding hydrogens is 1550 g/mol. The first kappa shape index (κ1) is 95.4. The van der Waals surface area contributed by atoms with E-state index >= 15 is 0 Å². The van der Waals surface area contributed by atoms with E-state index in [4.69, 9.17) is 75.2 Å². The van der Waals surface area contributed by atoms with E-state index in [1.54, 1.807) is 55.5 Å². The molecule has 0 radical (unpaired) electrons. The Bertz CT molecular complexity index is 4880. The van der Waals surface area contributed by atoms with Crippen molar-refractivity contribution in [3.8, 4) is 115 Å². The Kier molecular flexibility index (Phi) is 45.5. The maximum Gasteiger partial charge on any atom is 0.305 e. The normalized spacial score (nSPS) is 10.3. The minimum atomic E-state index is -0.791. The van der Waals surface area contributed by atoms with Crippen LogP contribution >= 0.6 is 0 Å². The van der Waals surface area contributed by atoms with Gasteiger partial charge in [0, 0.05) is 59.9 Å². The smallest absolute Gasteiger partial charge is 0.305 e. The van der Waals surface area contributed by atoms with Crippen molar-refractivity contribution >= 4 is 29.8 Å². The summed E-state index contributed by atoms with van der Waals surface area (Å²) >= 11 is 0. The number of hydrogen-bond donors (Lipinski definition) is 9. The zero-order valence-corrected chi connectivity index (χ0v) is 67.8. The van der Waals surface area contributed by atoms with Crippen LogP contribution in [0.15, 0.2) is 121 Å². The van der Waals surface area contributed by atoms with E-state index in [9.17, 15) is 24.0 Å². The summed E-state index contributed by atoms with van der Waals surface area (Å²) in [6, 6.07) is 46.7. The second-order valence-corrected chi connectivity index (χ2v) is 27.1. The third kappa shape index (κ3) is 38.0. The number of benzene rings is 5. The van der Waals surface area contributed by atoms with Crippen LogP contribution in [0, 0.1) is 56.7 Å². The molecule has 0 amide bonds. The number of aliphatic carboxylic acids is 4. The van der Waals surface area contributed by atoms with E-state index in [1.807, 2.05) is 103 Å². The van der Waals surface area contributed by atoms with Gasteiger partial charge in [0.1, 0.15) is 87.6 Å². The lowest BCUT2D eigenvalue weighted by Gasteiger charge is -2.07. The standard InChI is InChI=1S/C21H28N4O3.C19H24N4O3.C17H20N4O3.C15H16N4O3.C14H14N4O3/c22-16-19-21(24-25-23-19)17-11-13-18(14-12-17)28-15-9-7-5-3-1-2-4-6-8-10-20(26)27;20-14-17-19(22-23-21-17)15-9-11-16(12-10-15)26-13-7-5-3-1-2-4-6-8-18(24)25;18-12-15-17(20-21-19-15)13-7-9-14(10-8-13)24-11-5-3-1-2-4-6-16(22)23;1-2-21-14(20)4-3-9-22-12-7-5-11(6-8-12)15-13(10-16)17-19-18-15;15-9-12-14(17-18-16-12)10-4-6-11(7-5-10)21-8-2-1-3-13(19)20/h11-14H,1-10,15H2,(H,26,27)(H,23,24,25);9-12H,1-8,13H2,(H,24,25)(H,21,22,23);7-10H,1-6,11H2,(H,22,23)(H,19,20,21);5-8H,2-4,9H2,1H3,(H,17,18,19);4-7H,1-3,8H2,(H,19,20)(H,16,17,18).